The van der Waals surface area contributed by atoms with Crippen molar-refractivity contribution in [3.63, 3.8) is 0 Å². The van der Waals surface area contributed by atoms with E-state index < -0.39 is 34.4 Å². The quantitative estimate of drug-likeness (QED) is 0.282. The first kappa shape index (κ1) is 20.8. The number of nitrogens with zero attached hydrogens (tertiary/aromatic N) is 4. The summed E-state index contributed by atoms with van der Waals surface area (Å²) in [5.41, 5.74) is 8.00. The van der Waals surface area contributed by atoms with Gasteiger partial charge < -0.3 is 20.5 Å². The first-order chi connectivity index (χ1) is 14.2. The third kappa shape index (κ3) is 4.34. The molecule has 3 amide bonds. The number of nitrogen functional groups attached to an aromatic ring is 1. The minimum atomic E-state index is -4.83. The maximum atomic E-state index is 12.5. The first-order valence-electron chi connectivity index (χ1n) is 9.42. The number of rotatable bonds is 7. The van der Waals surface area contributed by atoms with Gasteiger partial charge in [-0.05, 0) is 19.3 Å². The Bertz CT molecular complexity index is 922. The number of amides is 3. The van der Waals surface area contributed by atoms with Gasteiger partial charge in [-0.2, -0.15) is 13.5 Å². The Kier molecular flexibility index (Phi) is 5.54. The van der Waals surface area contributed by atoms with Crippen LogP contribution in [0.5, 0.6) is 0 Å². The molecular weight excluding hydrogens is 422 g/mol. The molecule has 0 unspecified atom stereocenters. The lowest BCUT2D eigenvalue weighted by Gasteiger charge is -2.29. The van der Waals surface area contributed by atoms with Gasteiger partial charge in [-0.15, -0.1) is 4.28 Å². The van der Waals surface area contributed by atoms with Gasteiger partial charge in [-0.1, -0.05) is 0 Å². The second kappa shape index (κ2) is 7.99. The Balaban J connectivity index is 1.25. The molecule has 0 aromatic carbocycles. The summed E-state index contributed by atoms with van der Waals surface area (Å²) in [5.74, 6) is -0.0545. The monoisotopic (exact) mass is 445 g/mol. The molecule has 5 N–H and O–H groups in total. The molecule has 3 fully saturated rings. The van der Waals surface area contributed by atoms with Crippen LogP contribution in [0.2, 0.25) is 0 Å². The molecule has 1 aromatic rings. The highest BCUT2D eigenvalue weighted by molar-refractivity contribution is 7.80. The Morgan fingerprint density at radius 1 is 1.40 bits per heavy atom. The van der Waals surface area contributed by atoms with Crippen molar-refractivity contribution in [3.8, 4) is 0 Å². The lowest BCUT2D eigenvalue weighted by molar-refractivity contribution is -0.139. The highest BCUT2D eigenvalue weighted by Gasteiger charge is 2.49. The molecule has 2 bridgehead atoms. The van der Waals surface area contributed by atoms with E-state index in [-0.39, 0.29) is 25.2 Å². The van der Waals surface area contributed by atoms with Crippen molar-refractivity contribution < 1.29 is 31.7 Å². The molecule has 4 rings (SSSR count). The average molecular weight is 445 g/mol. The summed E-state index contributed by atoms with van der Waals surface area (Å²) in [6.07, 6.45) is 4.85. The number of carbonyl (C=O) groups is 2. The van der Waals surface area contributed by atoms with E-state index in [1.54, 1.807) is 12.5 Å². The van der Waals surface area contributed by atoms with Gasteiger partial charge in [0.1, 0.15) is 11.9 Å². The topological polar surface area (TPSA) is 181 Å². The lowest BCUT2D eigenvalue weighted by Crippen LogP contribution is -2.50. The standard InChI is InChI=1S/C15H23N7O7S/c16-13-6-20(8-18-13)11-3-9(17-4-11)7-28-19-14(23)12-2-1-10-5-21(12)15(24)22(10)29-30(25,26)27/h6,8-12,17H,1-5,7,16H2,(H,19,23)(H,25,26,27)/t9-,10-,11-,12+/m1/s1. The molecular formula is C15H23N7O7S. The van der Waals surface area contributed by atoms with Crippen molar-refractivity contribution in [3.05, 3.63) is 12.5 Å². The van der Waals surface area contributed by atoms with Gasteiger partial charge in [-0.3, -0.25) is 14.2 Å². The fraction of sp³-hybridized carbons (Fsp3) is 0.667. The lowest BCUT2D eigenvalue weighted by atomic mass is 10.0. The van der Waals surface area contributed by atoms with E-state index in [1.807, 2.05) is 4.57 Å². The minimum Gasteiger partial charge on any atom is -0.382 e. The Morgan fingerprint density at radius 3 is 2.90 bits per heavy atom. The Hall–Kier alpha value is -2.46. The maximum absolute atomic E-state index is 12.5. The van der Waals surface area contributed by atoms with Crippen LogP contribution in [0.15, 0.2) is 12.5 Å². The summed E-state index contributed by atoms with van der Waals surface area (Å²) >= 11 is 0. The SMILES string of the molecule is Nc1cn([C@H]2CN[C@@H](CONC(=O)[C@@H]3CC[C@@H]4CN3C(=O)N4OS(=O)(=O)O)C2)cn1. The molecule has 3 saturated heterocycles. The average Bonchev–Trinajstić information content (AvgIpc) is 3.37. The number of hydrogen-bond acceptors (Lipinski definition) is 9. The zero-order chi connectivity index (χ0) is 21.5. The van der Waals surface area contributed by atoms with Crippen molar-refractivity contribution in [2.45, 2.75) is 43.4 Å². The molecule has 1 aromatic heterocycles. The highest BCUT2D eigenvalue weighted by Crippen LogP contribution is 2.30. The molecule has 0 aliphatic carbocycles. The first-order valence-corrected chi connectivity index (χ1v) is 10.8. The molecule has 15 heteroatoms. The Morgan fingerprint density at radius 2 is 2.20 bits per heavy atom. The van der Waals surface area contributed by atoms with Crippen LogP contribution in [0.3, 0.4) is 0 Å². The Labute approximate surface area is 172 Å². The number of fused-ring (bicyclic) bond motifs is 2. The van der Waals surface area contributed by atoms with Crippen LogP contribution in [0.4, 0.5) is 10.6 Å². The number of aromatic nitrogens is 2. The van der Waals surface area contributed by atoms with Gasteiger partial charge in [0, 0.05) is 31.4 Å². The van der Waals surface area contributed by atoms with Crippen LogP contribution in [-0.2, 0) is 24.3 Å². The van der Waals surface area contributed by atoms with Crippen LogP contribution >= 0.6 is 0 Å². The normalized spacial score (nSPS) is 28.9. The van der Waals surface area contributed by atoms with E-state index in [2.05, 4.69) is 20.1 Å². The number of imidazole rings is 1. The van der Waals surface area contributed by atoms with E-state index in [4.69, 9.17) is 15.1 Å². The number of nitrogens with two attached hydrogens (primary N) is 1. The number of nitrogens with one attached hydrogen (secondary N) is 2. The van der Waals surface area contributed by atoms with Crippen molar-refractivity contribution in [2.24, 2.45) is 0 Å². The molecule has 3 aliphatic heterocycles. The van der Waals surface area contributed by atoms with Gasteiger partial charge in [-0.25, -0.2) is 15.3 Å². The molecule has 0 radical (unpaired) electrons. The molecule has 30 heavy (non-hydrogen) atoms. The van der Waals surface area contributed by atoms with Gasteiger partial charge in [0.25, 0.3) is 5.91 Å². The van der Waals surface area contributed by atoms with Crippen molar-refractivity contribution in [2.75, 3.05) is 25.4 Å². The van der Waals surface area contributed by atoms with Crippen molar-refractivity contribution in [1.82, 2.24) is 30.3 Å². The predicted molar refractivity (Wildman–Crippen MR) is 99.6 cm³/mol. The van der Waals surface area contributed by atoms with Crippen LogP contribution in [-0.4, -0.2) is 82.2 Å². The molecule has 4 heterocycles. The highest BCUT2D eigenvalue weighted by atomic mass is 32.3. The van der Waals surface area contributed by atoms with E-state index in [0.29, 0.717) is 30.3 Å². The zero-order valence-corrected chi connectivity index (χ0v) is 16.7. The predicted octanol–water partition coefficient (Wildman–Crippen LogP) is -1.58. The number of hydrogen-bond donors (Lipinski definition) is 4. The second-order valence-corrected chi connectivity index (χ2v) is 8.53. The summed E-state index contributed by atoms with van der Waals surface area (Å²) in [6.45, 7) is 1.06. The van der Waals surface area contributed by atoms with Crippen LogP contribution < -0.4 is 16.5 Å². The number of anilines is 1. The van der Waals surface area contributed by atoms with Crippen LogP contribution in [0, 0.1) is 0 Å². The number of urea groups is 1. The van der Waals surface area contributed by atoms with Crippen molar-refractivity contribution >= 4 is 28.2 Å². The third-order valence-corrected chi connectivity index (χ3v) is 5.85. The second-order valence-electron chi connectivity index (χ2n) is 7.53. The summed E-state index contributed by atoms with van der Waals surface area (Å²) in [4.78, 5) is 35.4. The zero-order valence-electron chi connectivity index (χ0n) is 15.9. The van der Waals surface area contributed by atoms with E-state index in [0.717, 1.165) is 6.42 Å². The van der Waals surface area contributed by atoms with Crippen LogP contribution in [0.25, 0.3) is 0 Å². The molecule has 166 valence electrons. The number of piperidine rings is 1. The number of hydroxylamine groups is 3. The van der Waals surface area contributed by atoms with E-state index in [1.165, 1.54) is 4.90 Å². The molecule has 3 aliphatic rings. The van der Waals surface area contributed by atoms with Gasteiger partial charge in [0.2, 0.25) is 0 Å². The maximum Gasteiger partial charge on any atom is 0.418 e. The smallest absolute Gasteiger partial charge is 0.382 e. The molecule has 0 saturated carbocycles. The van der Waals surface area contributed by atoms with Crippen LogP contribution in [0.1, 0.15) is 25.3 Å². The summed E-state index contributed by atoms with van der Waals surface area (Å²) < 4.78 is 36.9. The minimum absolute atomic E-state index is 0.0155. The van der Waals surface area contributed by atoms with Gasteiger partial charge >= 0.3 is 16.4 Å². The number of carbonyl (C=O) groups excluding carboxylic acids is 2. The summed E-state index contributed by atoms with van der Waals surface area (Å²) in [6, 6.07) is -1.97. The van der Waals surface area contributed by atoms with Gasteiger partial charge in [0.15, 0.2) is 0 Å². The fourth-order valence-corrected chi connectivity index (χ4v) is 4.48. The fourth-order valence-electron chi connectivity index (χ4n) is 4.09. The van der Waals surface area contributed by atoms with E-state index in [9.17, 15) is 18.0 Å². The molecule has 4 atom stereocenters. The third-order valence-electron chi connectivity index (χ3n) is 5.50. The summed E-state index contributed by atoms with van der Waals surface area (Å²) in [5, 5.41) is 3.89. The molecule has 0 spiro atoms. The molecule has 14 nitrogen and oxygen atoms in total. The van der Waals surface area contributed by atoms with E-state index >= 15 is 0 Å². The van der Waals surface area contributed by atoms with Crippen molar-refractivity contribution in [1.29, 1.82) is 0 Å². The summed E-state index contributed by atoms with van der Waals surface area (Å²) in [7, 11) is -4.83. The largest absolute Gasteiger partial charge is 0.418 e. The van der Waals surface area contributed by atoms with Gasteiger partial charge in [0.05, 0.1) is 19.0 Å².